The summed E-state index contributed by atoms with van der Waals surface area (Å²) in [6.45, 7) is 3.23. The number of amides is 2. The van der Waals surface area contributed by atoms with E-state index in [9.17, 15) is 9.59 Å². The van der Waals surface area contributed by atoms with E-state index in [1.807, 2.05) is 6.92 Å². The summed E-state index contributed by atoms with van der Waals surface area (Å²) in [6, 6.07) is -0.529. The Hall–Kier alpha value is -1.30. The van der Waals surface area contributed by atoms with Crippen LogP contribution in [0.25, 0.3) is 0 Å². The Bertz CT molecular complexity index is 296. The summed E-state index contributed by atoms with van der Waals surface area (Å²) < 4.78 is 0. The van der Waals surface area contributed by atoms with Gasteiger partial charge in [0.1, 0.15) is 0 Å². The van der Waals surface area contributed by atoms with Gasteiger partial charge >= 0.3 is 12.0 Å². The number of rotatable bonds is 6. The van der Waals surface area contributed by atoms with Gasteiger partial charge in [0, 0.05) is 31.7 Å². The van der Waals surface area contributed by atoms with Crippen molar-refractivity contribution < 1.29 is 19.8 Å². The minimum absolute atomic E-state index is 0.0448. The number of carbonyl (C=O) groups excluding carboxylic acids is 1. The molecule has 2 unspecified atom stereocenters. The fraction of sp³-hybridized carbons (Fsp3) is 0.833. The number of aliphatic carboxylic acids is 1. The van der Waals surface area contributed by atoms with Gasteiger partial charge in [0.15, 0.2) is 0 Å². The molecule has 0 spiro atoms. The molecule has 1 saturated heterocycles. The van der Waals surface area contributed by atoms with Crippen molar-refractivity contribution in [2.45, 2.75) is 38.6 Å². The molecular formula is C12H22N2O4. The number of carboxylic acids is 1. The molecule has 0 radical (unpaired) electrons. The predicted octanol–water partition coefficient (Wildman–Crippen LogP) is 0.654. The molecule has 3 N–H and O–H groups in total. The highest BCUT2D eigenvalue weighted by molar-refractivity contribution is 5.76. The molecule has 1 heterocycles. The molecule has 6 heteroatoms. The maximum Gasteiger partial charge on any atom is 0.317 e. The molecule has 0 aliphatic carbocycles. The fourth-order valence-electron chi connectivity index (χ4n) is 2.22. The number of aliphatic hydroxyl groups is 1. The molecular weight excluding hydrogens is 236 g/mol. The van der Waals surface area contributed by atoms with Crippen molar-refractivity contribution in [2.24, 2.45) is 5.92 Å². The molecule has 1 fully saturated rings. The minimum Gasteiger partial charge on any atom is -0.481 e. The van der Waals surface area contributed by atoms with E-state index in [4.69, 9.17) is 10.2 Å². The summed E-state index contributed by atoms with van der Waals surface area (Å²) in [6.07, 6.45) is 2.25. The summed E-state index contributed by atoms with van der Waals surface area (Å²) in [5.74, 6) is -0.747. The molecule has 0 aromatic carbocycles. The summed E-state index contributed by atoms with van der Waals surface area (Å²) in [7, 11) is 0. The van der Waals surface area contributed by atoms with E-state index in [1.165, 1.54) is 0 Å². The van der Waals surface area contributed by atoms with E-state index in [-0.39, 0.29) is 31.0 Å². The zero-order valence-electron chi connectivity index (χ0n) is 10.8. The van der Waals surface area contributed by atoms with E-state index in [0.717, 1.165) is 12.8 Å². The average molecular weight is 258 g/mol. The fourth-order valence-corrected chi connectivity index (χ4v) is 2.22. The van der Waals surface area contributed by atoms with E-state index in [0.29, 0.717) is 19.5 Å². The lowest BCUT2D eigenvalue weighted by molar-refractivity contribution is -0.137. The Balaban J connectivity index is 2.43. The Kier molecular flexibility index (Phi) is 5.91. The number of urea groups is 1. The van der Waals surface area contributed by atoms with Crippen LogP contribution in [0.2, 0.25) is 0 Å². The molecule has 0 saturated carbocycles. The molecule has 1 rings (SSSR count). The van der Waals surface area contributed by atoms with Crippen molar-refractivity contribution in [1.82, 2.24) is 10.2 Å². The predicted molar refractivity (Wildman–Crippen MR) is 66.2 cm³/mol. The topological polar surface area (TPSA) is 89.9 Å². The van der Waals surface area contributed by atoms with Crippen LogP contribution < -0.4 is 5.32 Å². The van der Waals surface area contributed by atoms with Gasteiger partial charge in [0.05, 0.1) is 6.42 Å². The number of likely N-dealkylation sites (tertiary alicyclic amines) is 1. The second-order valence-corrected chi connectivity index (χ2v) is 4.82. The van der Waals surface area contributed by atoms with Gasteiger partial charge in [-0.2, -0.15) is 0 Å². The Morgan fingerprint density at radius 3 is 2.72 bits per heavy atom. The Labute approximate surface area is 107 Å². The van der Waals surface area contributed by atoms with E-state index in [2.05, 4.69) is 5.32 Å². The van der Waals surface area contributed by atoms with Gasteiger partial charge in [-0.05, 0) is 12.8 Å². The van der Waals surface area contributed by atoms with Crippen LogP contribution in [0.3, 0.4) is 0 Å². The van der Waals surface area contributed by atoms with Crippen LogP contribution in [0.15, 0.2) is 0 Å². The molecule has 104 valence electrons. The minimum atomic E-state index is -0.900. The SMILES string of the molecule is CCCC(CC(=O)O)NC(=O)N1CCC(CO)C1. The maximum absolute atomic E-state index is 11.9. The molecule has 0 aromatic heterocycles. The monoisotopic (exact) mass is 258 g/mol. The maximum atomic E-state index is 11.9. The normalized spacial score (nSPS) is 20.8. The number of aliphatic hydroxyl groups excluding tert-OH is 1. The molecule has 1 aliphatic heterocycles. The molecule has 2 atom stereocenters. The zero-order chi connectivity index (χ0) is 13.5. The standard InChI is InChI=1S/C12H22N2O4/c1-2-3-10(6-11(16)17)13-12(18)14-5-4-9(7-14)8-15/h9-10,15H,2-8H2,1H3,(H,13,18)(H,16,17). The summed E-state index contributed by atoms with van der Waals surface area (Å²) in [4.78, 5) is 24.2. The van der Waals surface area contributed by atoms with Crippen molar-refractivity contribution in [3.8, 4) is 0 Å². The first-order chi connectivity index (χ1) is 8.56. The summed E-state index contributed by atoms with van der Waals surface area (Å²) in [5.41, 5.74) is 0. The molecule has 18 heavy (non-hydrogen) atoms. The second-order valence-electron chi connectivity index (χ2n) is 4.82. The first-order valence-corrected chi connectivity index (χ1v) is 6.44. The number of carboxylic acid groups (broad SMARTS) is 1. The number of carbonyl (C=O) groups is 2. The molecule has 0 aromatic rings. The Morgan fingerprint density at radius 2 is 2.22 bits per heavy atom. The van der Waals surface area contributed by atoms with Crippen LogP contribution in [-0.4, -0.2) is 52.9 Å². The van der Waals surface area contributed by atoms with Gasteiger partial charge in [0.2, 0.25) is 0 Å². The first-order valence-electron chi connectivity index (χ1n) is 6.44. The lowest BCUT2D eigenvalue weighted by atomic mass is 10.1. The largest absolute Gasteiger partial charge is 0.481 e. The first kappa shape index (κ1) is 14.8. The van der Waals surface area contributed by atoms with Crippen molar-refractivity contribution in [3.05, 3.63) is 0 Å². The number of nitrogens with one attached hydrogen (secondary N) is 1. The van der Waals surface area contributed by atoms with E-state index in [1.54, 1.807) is 4.90 Å². The summed E-state index contributed by atoms with van der Waals surface area (Å²) >= 11 is 0. The van der Waals surface area contributed by atoms with E-state index >= 15 is 0 Å². The van der Waals surface area contributed by atoms with Gasteiger partial charge in [-0.25, -0.2) is 4.79 Å². The van der Waals surface area contributed by atoms with Crippen LogP contribution in [0.5, 0.6) is 0 Å². The molecule has 0 bridgehead atoms. The second kappa shape index (κ2) is 7.20. The van der Waals surface area contributed by atoms with Crippen LogP contribution in [0, 0.1) is 5.92 Å². The van der Waals surface area contributed by atoms with E-state index < -0.39 is 5.97 Å². The van der Waals surface area contributed by atoms with Crippen LogP contribution >= 0.6 is 0 Å². The quantitative estimate of drug-likeness (QED) is 0.652. The smallest absolute Gasteiger partial charge is 0.317 e. The van der Waals surface area contributed by atoms with Gasteiger partial charge in [-0.1, -0.05) is 13.3 Å². The third kappa shape index (κ3) is 4.52. The number of hydrogen-bond acceptors (Lipinski definition) is 3. The van der Waals surface area contributed by atoms with Gasteiger partial charge in [-0.15, -0.1) is 0 Å². The summed E-state index contributed by atoms with van der Waals surface area (Å²) in [5, 5.41) is 20.5. The third-order valence-electron chi connectivity index (χ3n) is 3.22. The third-order valence-corrected chi connectivity index (χ3v) is 3.22. The average Bonchev–Trinajstić information content (AvgIpc) is 2.76. The Morgan fingerprint density at radius 1 is 1.50 bits per heavy atom. The van der Waals surface area contributed by atoms with Crippen molar-refractivity contribution in [1.29, 1.82) is 0 Å². The van der Waals surface area contributed by atoms with Gasteiger partial charge in [-0.3, -0.25) is 4.79 Å². The number of nitrogens with zero attached hydrogens (tertiary/aromatic N) is 1. The molecule has 6 nitrogen and oxygen atoms in total. The van der Waals surface area contributed by atoms with Gasteiger partial charge in [0.25, 0.3) is 0 Å². The lowest BCUT2D eigenvalue weighted by Crippen LogP contribution is -2.44. The highest BCUT2D eigenvalue weighted by atomic mass is 16.4. The van der Waals surface area contributed by atoms with Crippen molar-refractivity contribution in [3.63, 3.8) is 0 Å². The van der Waals surface area contributed by atoms with Crippen LogP contribution in [-0.2, 0) is 4.79 Å². The van der Waals surface area contributed by atoms with Crippen LogP contribution in [0.1, 0.15) is 32.6 Å². The van der Waals surface area contributed by atoms with Crippen LogP contribution in [0.4, 0.5) is 4.79 Å². The number of hydrogen-bond donors (Lipinski definition) is 3. The highest BCUT2D eigenvalue weighted by Crippen LogP contribution is 2.15. The zero-order valence-corrected chi connectivity index (χ0v) is 10.8. The van der Waals surface area contributed by atoms with Crippen molar-refractivity contribution >= 4 is 12.0 Å². The highest BCUT2D eigenvalue weighted by Gasteiger charge is 2.27. The van der Waals surface area contributed by atoms with Gasteiger partial charge < -0.3 is 20.4 Å². The lowest BCUT2D eigenvalue weighted by Gasteiger charge is -2.22. The van der Waals surface area contributed by atoms with Crippen molar-refractivity contribution in [2.75, 3.05) is 19.7 Å². The molecule has 1 aliphatic rings. The molecule has 2 amide bonds.